The van der Waals surface area contributed by atoms with Crippen LogP contribution in [0.2, 0.25) is 5.02 Å². The second kappa shape index (κ2) is 5.94. The molecule has 104 valence electrons. The molecule has 1 amide bonds. The third-order valence-electron chi connectivity index (χ3n) is 2.89. The smallest absolute Gasteiger partial charge is 0.255 e. The zero-order chi connectivity index (χ0) is 14.7. The minimum atomic E-state index is -0.585. The van der Waals surface area contributed by atoms with Crippen LogP contribution in [-0.2, 0) is 0 Å². The minimum Gasteiger partial charge on any atom is -0.398 e. The topological polar surface area (TPSA) is 75.3 Å². The number of hydrogen-bond donors (Lipinski definition) is 3. The first kappa shape index (κ1) is 14.4. The van der Waals surface area contributed by atoms with Crippen LogP contribution in [0.1, 0.15) is 28.9 Å². The quantitative estimate of drug-likeness (QED) is 0.760. The monoisotopic (exact) mass is 290 g/mol. The van der Waals surface area contributed by atoms with Crippen LogP contribution in [0.5, 0.6) is 0 Å². The number of carbonyl (C=O) groups excluding carboxylic acids is 1. The summed E-state index contributed by atoms with van der Waals surface area (Å²) in [4.78, 5) is 12.1. The molecule has 2 aromatic carbocycles. The molecule has 0 aliphatic heterocycles. The Morgan fingerprint density at radius 3 is 2.70 bits per heavy atom. The number of aliphatic hydroxyl groups excluding tert-OH is 1. The summed E-state index contributed by atoms with van der Waals surface area (Å²) in [6, 6.07) is 11.8. The zero-order valence-corrected chi connectivity index (χ0v) is 11.7. The molecule has 0 saturated carbocycles. The Balaban J connectivity index is 2.19. The first-order chi connectivity index (χ1) is 9.47. The van der Waals surface area contributed by atoms with E-state index in [2.05, 4.69) is 5.32 Å². The van der Waals surface area contributed by atoms with Crippen molar-refractivity contribution in [2.24, 2.45) is 0 Å². The van der Waals surface area contributed by atoms with Gasteiger partial charge in [0, 0.05) is 11.3 Å². The summed E-state index contributed by atoms with van der Waals surface area (Å²) >= 11 is 5.82. The van der Waals surface area contributed by atoms with Gasteiger partial charge in [-0.05, 0) is 42.8 Å². The lowest BCUT2D eigenvalue weighted by atomic mass is 10.1. The molecule has 0 saturated heterocycles. The number of nitrogens with one attached hydrogen (secondary N) is 1. The number of carbonyl (C=O) groups is 1. The number of benzene rings is 2. The fourth-order valence-corrected chi connectivity index (χ4v) is 1.88. The number of halogens is 1. The molecule has 0 bridgehead atoms. The predicted octanol–water partition coefficient (Wildman–Crippen LogP) is 3.23. The van der Waals surface area contributed by atoms with Gasteiger partial charge in [-0.2, -0.15) is 0 Å². The average molecular weight is 291 g/mol. The molecule has 5 heteroatoms. The molecule has 20 heavy (non-hydrogen) atoms. The molecule has 0 fully saturated rings. The van der Waals surface area contributed by atoms with E-state index in [1.54, 1.807) is 43.3 Å². The predicted molar refractivity (Wildman–Crippen MR) is 80.9 cm³/mol. The summed E-state index contributed by atoms with van der Waals surface area (Å²) in [6.07, 6.45) is -0.585. The number of aliphatic hydroxyl groups is 1. The molecule has 2 aromatic rings. The van der Waals surface area contributed by atoms with Gasteiger partial charge in [0.25, 0.3) is 5.91 Å². The van der Waals surface area contributed by atoms with E-state index in [0.29, 0.717) is 22.0 Å². The van der Waals surface area contributed by atoms with Crippen LogP contribution in [0, 0.1) is 0 Å². The van der Waals surface area contributed by atoms with Gasteiger partial charge in [0.1, 0.15) is 0 Å². The number of nitrogens with two attached hydrogens (primary N) is 1. The van der Waals surface area contributed by atoms with Gasteiger partial charge in [0.15, 0.2) is 0 Å². The van der Waals surface area contributed by atoms with Crippen LogP contribution < -0.4 is 11.1 Å². The van der Waals surface area contributed by atoms with E-state index in [4.69, 9.17) is 17.3 Å². The maximum atomic E-state index is 12.1. The summed E-state index contributed by atoms with van der Waals surface area (Å²) in [6.45, 7) is 1.67. The Labute approximate surface area is 122 Å². The van der Waals surface area contributed by atoms with Gasteiger partial charge < -0.3 is 16.2 Å². The van der Waals surface area contributed by atoms with E-state index in [-0.39, 0.29) is 5.91 Å². The molecule has 0 unspecified atom stereocenters. The summed E-state index contributed by atoms with van der Waals surface area (Å²) in [5.74, 6) is -0.281. The van der Waals surface area contributed by atoms with Crippen molar-refractivity contribution in [3.05, 3.63) is 58.6 Å². The maximum absolute atomic E-state index is 12.1. The fraction of sp³-hybridized carbons (Fsp3) is 0.133. The number of nitrogen functional groups attached to an aromatic ring is 1. The van der Waals surface area contributed by atoms with Crippen LogP contribution >= 0.6 is 11.6 Å². The van der Waals surface area contributed by atoms with Crippen molar-refractivity contribution in [2.75, 3.05) is 11.1 Å². The molecule has 1 atom stereocenters. The molecule has 0 radical (unpaired) electrons. The maximum Gasteiger partial charge on any atom is 0.255 e. The lowest BCUT2D eigenvalue weighted by Gasteiger charge is -2.09. The van der Waals surface area contributed by atoms with Crippen LogP contribution in [0.25, 0.3) is 0 Å². The molecule has 4 nitrogen and oxygen atoms in total. The SMILES string of the molecule is C[C@@H](O)c1cccc(NC(=O)c2ccc(Cl)c(N)c2)c1. The van der Waals surface area contributed by atoms with Crippen molar-refractivity contribution in [1.82, 2.24) is 0 Å². The summed E-state index contributed by atoms with van der Waals surface area (Å²) < 4.78 is 0. The number of anilines is 2. The van der Waals surface area contributed by atoms with Crippen LogP contribution in [0.3, 0.4) is 0 Å². The molecule has 0 aliphatic carbocycles. The summed E-state index contributed by atoms with van der Waals surface area (Å²) in [5, 5.41) is 12.7. The van der Waals surface area contributed by atoms with E-state index < -0.39 is 6.10 Å². The Kier molecular flexibility index (Phi) is 4.27. The highest BCUT2D eigenvalue weighted by atomic mass is 35.5. The molecule has 0 heterocycles. The van der Waals surface area contributed by atoms with Gasteiger partial charge in [0.2, 0.25) is 0 Å². The van der Waals surface area contributed by atoms with Crippen molar-refractivity contribution in [3.63, 3.8) is 0 Å². The van der Waals surface area contributed by atoms with Crippen LogP contribution in [-0.4, -0.2) is 11.0 Å². The Morgan fingerprint density at radius 2 is 2.05 bits per heavy atom. The van der Waals surface area contributed by atoms with E-state index >= 15 is 0 Å². The molecular weight excluding hydrogens is 276 g/mol. The highest BCUT2D eigenvalue weighted by Gasteiger charge is 2.09. The third-order valence-corrected chi connectivity index (χ3v) is 3.23. The number of hydrogen-bond acceptors (Lipinski definition) is 3. The third kappa shape index (κ3) is 3.29. The summed E-state index contributed by atoms with van der Waals surface area (Å²) in [5.41, 5.74) is 7.80. The molecule has 4 N–H and O–H groups in total. The minimum absolute atomic E-state index is 0.281. The normalized spacial score (nSPS) is 11.9. The Hall–Kier alpha value is -2.04. The highest BCUT2D eigenvalue weighted by Crippen LogP contribution is 2.21. The fourth-order valence-electron chi connectivity index (χ4n) is 1.76. The van der Waals surface area contributed by atoms with E-state index in [1.807, 2.05) is 0 Å². The van der Waals surface area contributed by atoms with Crippen molar-refractivity contribution >= 4 is 28.9 Å². The second-order valence-corrected chi connectivity index (χ2v) is 4.90. The van der Waals surface area contributed by atoms with Gasteiger partial charge in [-0.15, -0.1) is 0 Å². The largest absolute Gasteiger partial charge is 0.398 e. The first-order valence-corrected chi connectivity index (χ1v) is 6.49. The number of amides is 1. The van der Waals surface area contributed by atoms with E-state index in [0.717, 1.165) is 5.56 Å². The zero-order valence-electron chi connectivity index (χ0n) is 10.9. The van der Waals surface area contributed by atoms with Crippen molar-refractivity contribution < 1.29 is 9.90 Å². The second-order valence-electron chi connectivity index (χ2n) is 4.49. The van der Waals surface area contributed by atoms with Gasteiger partial charge in [-0.25, -0.2) is 0 Å². The van der Waals surface area contributed by atoms with Gasteiger partial charge >= 0.3 is 0 Å². The van der Waals surface area contributed by atoms with Gasteiger partial charge in [-0.1, -0.05) is 23.7 Å². The Bertz CT molecular complexity index is 642. The van der Waals surface area contributed by atoms with Gasteiger partial charge in [0.05, 0.1) is 16.8 Å². The lowest BCUT2D eigenvalue weighted by molar-refractivity contribution is 0.102. The van der Waals surface area contributed by atoms with Crippen molar-refractivity contribution in [3.8, 4) is 0 Å². The van der Waals surface area contributed by atoms with E-state index in [9.17, 15) is 9.90 Å². The molecule has 0 aliphatic rings. The Morgan fingerprint density at radius 1 is 1.30 bits per heavy atom. The molecule has 2 rings (SSSR count). The molecular formula is C15H15ClN2O2. The van der Waals surface area contributed by atoms with Gasteiger partial charge in [-0.3, -0.25) is 4.79 Å². The molecule has 0 aromatic heterocycles. The van der Waals surface area contributed by atoms with Crippen molar-refractivity contribution in [2.45, 2.75) is 13.0 Å². The van der Waals surface area contributed by atoms with Crippen molar-refractivity contribution in [1.29, 1.82) is 0 Å². The number of rotatable bonds is 3. The standard InChI is InChI=1S/C15H15ClN2O2/c1-9(19)10-3-2-4-12(7-10)18-15(20)11-5-6-13(16)14(17)8-11/h2-9,19H,17H2,1H3,(H,18,20)/t9-/m1/s1. The first-order valence-electron chi connectivity index (χ1n) is 6.12. The highest BCUT2D eigenvalue weighted by molar-refractivity contribution is 6.33. The van der Waals surface area contributed by atoms with Crippen LogP contribution in [0.4, 0.5) is 11.4 Å². The lowest BCUT2D eigenvalue weighted by Crippen LogP contribution is -2.12. The van der Waals surface area contributed by atoms with E-state index in [1.165, 1.54) is 6.07 Å². The summed E-state index contributed by atoms with van der Waals surface area (Å²) in [7, 11) is 0. The average Bonchev–Trinajstić information content (AvgIpc) is 2.42. The molecule has 0 spiro atoms. The van der Waals surface area contributed by atoms with Crippen LogP contribution in [0.15, 0.2) is 42.5 Å².